The summed E-state index contributed by atoms with van der Waals surface area (Å²) < 4.78 is 15.2. The summed E-state index contributed by atoms with van der Waals surface area (Å²) in [4.78, 5) is 4.34. The molecule has 0 aliphatic carbocycles. The van der Waals surface area contributed by atoms with Crippen LogP contribution in [0.3, 0.4) is 0 Å². The number of hydrogen-bond acceptors (Lipinski definition) is 2. The molecule has 0 radical (unpaired) electrons. The first-order valence-electron chi connectivity index (χ1n) is 5.79. The number of benzene rings is 1. The van der Waals surface area contributed by atoms with E-state index < -0.39 is 0 Å². The molecule has 0 saturated heterocycles. The molecule has 0 aliphatic heterocycles. The first-order valence-corrected chi connectivity index (χ1v) is 5.79. The van der Waals surface area contributed by atoms with Gasteiger partial charge in [-0.2, -0.15) is 5.26 Å². The molecule has 2 aromatic rings. The molecule has 0 unspecified atom stereocenters. The highest BCUT2D eigenvalue weighted by Gasteiger charge is 2.12. The number of nitriles is 1. The second kappa shape index (κ2) is 5.01. The number of imidazole rings is 1. The summed E-state index contributed by atoms with van der Waals surface area (Å²) in [6.07, 6.45) is 1.13. The maximum Gasteiger partial charge on any atom is 0.143 e. The lowest BCUT2D eigenvalue weighted by Gasteiger charge is -2.01. The molecule has 0 N–H and O–H groups in total. The molecule has 4 heteroatoms. The second-order valence-electron chi connectivity index (χ2n) is 4.22. The third-order valence-electron chi connectivity index (χ3n) is 3.09. The van der Waals surface area contributed by atoms with Gasteiger partial charge in [0, 0.05) is 7.05 Å². The summed E-state index contributed by atoms with van der Waals surface area (Å²) in [7, 11) is 1.81. The molecule has 1 aromatic carbocycles. The average molecular weight is 243 g/mol. The van der Waals surface area contributed by atoms with Gasteiger partial charge in [-0.15, -0.1) is 0 Å². The highest BCUT2D eigenvalue weighted by Crippen LogP contribution is 2.14. The molecule has 0 fully saturated rings. The molecule has 2 rings (SSSR count). The van der Waals surface area contributed by atoms with Gasteiger partial charge >= 0.3 is 0 Å². The van der Waals surface area contributed by atoms with Crippen LogP contribution in [-0.2, 0) is 19.9 Å². The lowest BCUT2D eigenvalue weighted by Crippen LogP contribution is -1.99. The van der Waals surface area contributed by atoms with E-state index in [1.807, 2.05) is 20.0 Å². The lowest BCUT2D eigenvalue weighted by atomic mass is 10.1. The number of nitrogens with zero attached hydrogens (tertiary/aromatic N) is 3. The fourth-order valence-corrected chi connectivity index (χ4v) is 1.95. The van der Waals surface area contributed by atoms with Crippen LogP contribution in [0, 0.1) is 24.1 Å². The Labute approximate surface area is 106 Å². The summed E-state index contributed by atoms with van der Waals surface area (Å²) in [5, 5.41) is 9.08. The standard InChI is InChI=1S/C14H14FN3/c1-10-17-13(14(9-16)18(10)2)8-7-11-5-3-4-6-12(11)15/h3-6H,7-8H2,1-2H3. The second-order valence-corrected chi connectivity index (χ2v) is 4.22. The summed E-state index contributed by atoms with van der Waals surface area (Å²) in [6, 6.07) is 8.84. The van der Waals surface area contributed by atoms with E-state index in [1.54, 1.807) is 16.7 Å². The molecule has 0 aliphatic rings. The monoisotopic (exact) mass is 243 g/mol. The van der Waals surface area contributed by atoms with Crippen molar-refractivity contribution >= 4 is 0 Å². The fraction of sp³-hybridized carbons (Fsp3) is 0.286. The van der Waals surface area contributed by atoms with E-state index in [-0.39, 0.29) is 5.82 Å². The van der Waals surface area contributed by atoms with Crippen molar-refractivity contribution in [3.05, 3.63) is 52.9 Å². The largest absolute Gasteiger partial charge is 0.323 e. The number of aromatic nitrogens is 2. The Balaban J connectivity index is 2.19. The van der Waals surface area contributed by atoms with Gasteiger partial charge in [-0.25, -0.2) is 9.37 Å². The molecule has 0 saturated carbocycles. The number of hydrogen-bond donors (Lipinski definition) is 0. The van der Waals surface area contributed by atoms with Gasteiger partial charge < -0.3 is 4.57 Å². The first-order chi connectivity index (χ1) is 8.63. The van der Waals surface area contributed by atoms with Crippen LogP contribution in [0.4, 0.5) is 4.39 Å². The van der Waals surface area contributed by atoms with E-state index >= 15 is 0 Å². The molecular weight excluding hydrogens is 229 g/mol. The maximum atomic E-state index is 13.5. The Morgan fingerprint density at radius 1 is 1.33 bits per heavy atom. The molecule has 1 aromatic heterocycles. The van der Waals surface area contributed by atoms with Gasteiger partial charge in [0.15, 0.2) is 0 Å². The predicted octanol–water partition coefficient (Wildman–Crippen LogP) is 2.52. The van der Waals surface area contributed by atoms with Crippen LogP contribution in [0.2, 0.25) is 0 Å². The Kier molecular flexibility index (Phi) is 3.42. The van der Waals surface area contributed by atoms with E-state index in [0.29, 0.717) is 24.1 Å². The Hall–Kier alpha value is -2.15. The Bertz CT molecular complexity index is 608. The minimum atomic E-state index is -0.205. The summed E-state index contributed by atoms with van der Waals surface area (Å²) >= 11 is 0. The Morgan fingerprint density at radius 3 is 2.72 bits per heavy atom. The van der Waals surface area contributed by atoms with Crippen LogP contribution >= 0.6 is 0 Å². The lowest BCUT2D eigenvalue weighted by molar-refractivity contribution is 0.608. The van der Waals surface area contributed by atoms with Gasteiger partial charge in [0.25, 0.3) is 0 Å². The van der Waals surface area contributed by atoms with Gasteiger partial charge in [-0.1, -0.05) is 18.2 Å². The first kappa shape index (κ1) is 12.3. The third kappa shape index (κ3) is 2.25. The van der Waals surface area contributed by atoms with Crippen molar-refractivity contribution in [2.75, 3.05) is 0 Å². The smallest absolute Gasteiger partial charge is 0.143 e. The van der Waals surface area contributed by atoms with E-state index in [1.165, 1.54) is 6.07 Å². The molecule has 18 heavy (non-hydrogen) atoms. The molecule has 0 bridgehead atoms. The van der Waals surface area contributed by atoms with Gasteiger partial charge in [-0.05, 0) is 31.4 Å². The number of aryl methyl sites for hydroxylation is 3. The van der Waals surface area contributed by atoms with Crippen molar-refractivity contribution in [1.29, 1.82) is 5.26 Å². The number of halogens is 1. The van der Waals surface area contributed by atoms with E-state index in [9.17, 15) is 4.39 Å². The molecule has 0 amide bonds. The third-order valence-corrected chi connectivity index (χ3v) is 3.09. The minimum Gasteiger partial charge on any atom is -0.323 e. The number of rotatable bonds is 3. The van der Waals surface area contributed by atoms with Crippen LogP contribution in [0.5, 0.6) is 0 Å². The SMILES string of the molecule is Cc1nc(CCc2ccccc2F)c(C#N)n1C. The molecule has 92 valence electrons. The van der Waals surface area contributed by atoms with Gasteiger partial charge in [-0.3, -0.25) is 0 Å². The van der Waals surface area contributed by atoms with Crippen LogP contribution in [0.25, 0.3) is 0 Å². The van der Waals surface area contributed by atoms with Crippen molar-refractivity contribution in [3.63, 3.8) is 0 Å². The molecule has 0 atom stereocenters. The van der Waals surface area contributed by atoms with Crippen molar-refractivity contribution in [1.82, 2.24) is 9.55 Å². The highest BCUT2D eigenvalue weighted by atomic mass is 19.1. The molecule has 3 nitrogen and oxygen atoms in total. The predicted molar refractivity (Wildman–Crippen MR) is 66.5 cm³/mol. The van der Waals surface area contributed by atoms with Crippen LogP contribution in [0.1, 0.15) is 22.8 Å². The van der Waals surface area contributed by atoms with Gasteiger partial charge in [0.05, 0.1) is 5.69 Å². The van der Waals surface area contributed by atoms with Crippen molar-refractivity contribution in [3.8, 4) is 6.07 Å². The summed E-state index contributed by atoms with van der Waals surface area (Å²) in [6.45, 7) is 1.85. The highest BCUT2D eigenvalue weighted by molar-refractivity contribution is 5.30. The maximum absolute atomic E-state index is 13.5. The van der Waals surface area contributed by atoms with Crippen molar-refractivity contribution in [2.24, 2.45) is 7.05 Å². The molecule has 0 spiro atoms. The van der Waals surface area contributed by atoms with Crippen LogP contribution in [0.15, 0.2) is 24.3 Å². The average Bonchev–Trinajstić information content (AvgIpc) is 2.64. The quantitative estimate of drug-likeness (QED) is 0.831. The molecular formula is C14H14FN3. The normalized spacial score (nSPS) is 10.3. The minimum absolute atomic E-state index is 0.205. The zero-order chi connectivity index (χ0) is 13.1. The summed E-state index contributed by atoms with van der Waals surface area (Å²) in [5.41, 5.74) is 1.95. The van der Waals surface area contributed by atoms with Crippen molar-refractivity contribution in [2.45, 2.75) is 19.8 Å². The van der Waals surface area contributed by atoms with E-state index in [2.05, 4.69) is 11.1 Å². The zero-order valence-corrected chi connectivity index (χ0v) is 10.4. The zero-order valence-electron chi connectivity index (χ0n) is 10.4. The van der Waals surface area contributed by atoms with Gasteiger partial charge in [0.2, 0.25) is 0 Å². The van der Waals surface area contributed by atoms with Crippen molar-refractivity contribution < 1.29 is 4.39 Å². The van der Waals surface area contributed by atoms with Gasteiger partial charge in [0.1, 0.15) is 23.4 Å². The fourth-order valence-electron chi connectivity index (χ4n) is 1.95. The van der Waals surface area contributed by atoms with E-state index in [4.69, 9.17) is 5.26 Å². The molecule has 1 heterocycles. The Morgan fingerprint density at radius 2 is 2.06 bits per heavy atom. The van der Waals surface area contributed by atoms with Crippen LogP contribution in [-0.4, -0.2) is 9.55 Å². The van der Waals surface area contributed by atoms with Crippen LogP contribution < -0.4 is 0 Å². The topological polar surface area (TPSA) is 41.6 Å². The summed E-state index contributed by atoms with van der Waals surface area (Å²) in [5.74, 6) is 0.596. The van der Waals surface area contributed by atoms with E-state index in [0.717, 1.165) is 11.5 Å².